The number of rotatable bonds is 1. The van der Waals surface area contributed by atoms with Crippen LogP contribution in [0.25, 0.3) is 0 Å². The molecule has 2 rings (SSSR count). The molecule has 0 aromatic heterocycles. The van der Waals surface area contributed by atoms with E-state index in [-0.39, 0.29) is 12.3 Å². The fourth-order valence-corrected chi connectivity index (χ4v) is 2.35. The second-order valence-corrected chi connectivity index (χ2v) is 6.36. The first-order chi connectivity index (χ1) is 9.35. The van der Waals surface area contributed by atoms with Gasteiger partial charge >= 0.3 is 6.09 Å². The molecule has 0 spiro atoms. The molecular formula is C15H25N3O2. The first-order valence-corrected chi connectivity index (χ1v) is 7.18. The van der Waals surface area contributed by atoms with Gasteiger partial charge in [-0.05, 0) is 46.0 Å². The van der Waals surface area contributed by atoms with Gasteiger partial charge in [-0.3, -0.25) is 4.90 Å². The Balaban J connectivity index is 1.84. The van der Waals surface area contributed by atoms with Gasteiger partial charge in [0.25, 0.3) is 0 Å². The molecule has 5 heteroatoms. The van der Waals surface area contributed by atoms with Crippen molar-refractivity contribution in [3.05, 3.63) is 23.9 Å². The molecule has 0 aromatic rings. The minimum absolute atomic E-state index is 0.208. The maximum absolute atomic E-state index is 12.0. The molecule has 2 heterocycles. The summed E-state index contributed by atoms with van der Waals surface area (Å²) in [6, 6.07) is 0. The Hall–Kier alpha value is -1.49. The smallest absolute Gasteiger partial charge is 0.410 e. The highest BCUT2D eigenvalue weighted by atomic mass is 16.6. The van der Waals surface area contributed by atoms with E-state index in [1.54, 1.807) is 4.90 Å². The topological polar surface area (TPSA) is 44.8 Å². The van der Waals surface area contributed by atoms with E-state index in [0.29, 0.717) is 13.1 Å². The van der Waals surface area contributed by atoms with Gasteiger partial charge in [0, 0.05) is 26.2 Å². The Morgan fingerprint density at radius 2 is 1.95 bits per heavy atom. The van der Waals surface area contributed by atoms with Crippen molar-refractivity contribution < 1.29 is 9.53 Å². The zero-order valence-corrected chi connectivity index (χ0v) is 12.8. The van der Waals surface area contributed by atoms with Gasteiger partial charge in [0.15, 0.2) is 0 Å². The van der Waals surface area contributed by atoms with Gasteiger partial charge < -0.3 is 15.0 Å². The van der Waals surface area contributed by atoms with Gasteiger partial charge in [-0.2, -0.15) is 0 Å². The molecular weight excluding hydrogens is 254 g/mol. The van der Waals surface area contributed by atoms with Crippen LogP contribution >= 0.6 is 0 Å². The van der Waals surface area contributed by atoms with Gasteiger partial charge in [0.05, 0.1) is 6.17 Å². The SMILES string of the molecule is CC1=CC(N2CCN(C(=O)OC(C)(C)C)CC2)NC=C1. The zero-order chi connectivity index (χ0) is 14.8. The van der Waals surface area contributed by atoms with Crippen LogP contribution in [0.15, 0.2) is 23.9 Å². The molecule has 1 unspecified atom stereocenters. The number of ether oxygens (including phenoxy) is 1. The molecule has 2 aliphatic heterocycles. The van der Waals surface area contributed by atoms with Crippen molar-refractivity contribution in [3.8, 4) is 0 Å². The molecule has 2 aliphatic rings. The van der Waals surface area contributed by atoms with E-state index in [4.69, 9.17) is 4.74 Å². The molecule has 0 aliphatic carbocycles. The molecule has 0 radical (unpaired) electrons. The van der Waals surface area contributed by atoms with E-state index in [1.807, 2.05) is 27.0 Å². The number of carbonyl (C=O) groups is 1. The number of amides is 1. The van der Waals surface area contributed by atoms with Gasteiger partial charge in [0.2, 0.25) is 0 Å². The predicted octanol–water partition coefficient (Wildman–Crippen LogP) is 1.93. The van der Waals surface area contributed by atoms with Crippen molar-refractivity contribution in [1.29, 1.82) is 0 Å². The Morgan fingerprint density at radius 3 is 2.50 bits per heavy atom. The summed E-state index contributed by atoms with van der Waals surface area (Å²) in [6.07, 6.45) is 6.29. The van der Waals surface area contributed by atoms with Crippen LogP contribution in [0.4, 0.5) is 4.79 Å². The molecule has 1 N–H and O–H groups in total. The minimum Gasteiger partial charge on any atom is -0.444 e. The van der Waals surface area contributed by atoms with Crippen LogP contribution in [0.1, 0.15) is 27.7 Å². The van der Waals surface area contributed by atoms with E-state index in [0.717, 1.165) is 13.1 Å². The first-order valence-electron chi connectivity index (χ1n) is 7.18. The number of hydrogen-bond acceptors (Lipinski definition) is 4. The summed E-state index contributed by atoms with van der Waals surface area (Å²) in [7, 11) is 0. The zero-order valence-electron chi connectivity index (χ0n) is 12.8. The van der Waals surface area contributed by atoms with Gasteiger partial charge in [0.1, 0.15) is 5.60 Å². The Labute approximate surface area is 121 Å². The highest BCUT2D eigenvalue weighted by molar-refractivity contribution is 5.68. The maximum Gasteiger partial charge on any atom is 0.410 e. The molecule has 0 bridgehead atoms. The van der Waals surface area contributed by atoms with Crippen molar-refractivity contribution in [3.63, 3.8) is 0 Å². The van der Waals surface area contributed by atoms with Crippen LogP contribution in [0.3, 0.4) is 0 Å². The van der Waals surface area contributed by atoms with Crippen LogP contribution in [0.2, 0.25) is 0 Å². The van der Waals surface area contributed by atoms with Crippen molar-refractivity contribution in [2.75, 3.05) is 26.2 Å². The van der Waals surface area contributed by atoms with Crippen molar-refractivity contribution >= 4 is 6.09 Å². The van der Waals surface area contributed by atoms with Crippen molar-refractivity contribution in [2.45, 2.75) is 39.5 Å². The fraction of sp³-hybridized carbons (Fsp3) is 0.667. The largest absolute Gasteiger partial charge is 0.444 e. The molecule has 0 aromatic carbocycles. The number of nitrogens with zero attached hydrogens (tertiary/aromatic N) is 2. The number of dihydropyridines is 1. The highest BCUT2D eigenvalue weighted by Gasteiger charge is 2.28. The summed E-state index contributed by atoms with van der Waals surface area (Å²) >= 11 is 0. The van der Waals surface area contributed by atoms with Gasteiger partial charge in [-0.25, -0.2) is 4.79 Å². The van der Waals surface area contributed by atoms with Crippen molar-refractivity contribution in [2.24, 2.45) is 0 Å². The maximum atomic E-state index is 12.0. The lowest BCUT2D eigenvalue weighted by Gasteiger charge is -2.39. The van der Waals surface area contributed by atoms with Crippen LogP contribution in [0.5, 0.6) is 0 Å². The number of hydrogen-bond donors (Lipinski definition) is 1. The molecule has 1 amide bonds. The molecule has 112 valence electrons. The number of allylic oxidation sites excluding steroid dienone is 2. The number of nitrogens with one attached hydrogen (secondary N) is 1. The second-order valence-electron chi connectivity index (χ2n) is 6.36. The lowest BCUT2D eigenvalue weighted by atomic mass is 10.1. The third-order valence-corrected chi connectivity index (χ3v) is 3.39. The van der Waals surface area contributed by atoms with Crippen LogP contribution in [0, 0.1) is 0 Å². The molecule has 1 saturated heterocycles. The second kappa shape index (κ2) is 5.87. The summed E-state index contributed by atoms with van der Waals surface area (Å²) in [5.74, 6) is 0. The summed E-state index contributed by atoms with van der Waals surface area (Å²) in [4.78, 5) is 16.1. The standard InChI is InChI=1S/C15H25N3O2/c1-12-5-6-16-13(11-12)17-7-9-18(10-8-17)14(19)20-15(2,3)4/h5-6,11,13,16H,7-10H2,1-4H3. The predicted molar refractivity (Wildman–Crippen MR) is 79.2 cm³/mol. The Kier molecular flexibility index (Phi) is 4.38. The molecule has 1 fully saturated rings. The lowest BCUT2D eigenvalue weighted by molar-refractivity contribution is 0.0114. The summed E-state index contributed by atoms with van der Waals surface area (Å²) in [6.45, 7) is 10.9. The summed E-state index contributed by atoms with van der Waals surface area (Å²) in [5, 5.41) is 3.34. The first kappa shape index (κ1) is 14.9. The van der Waals surface area contributed by atoms with Crippen LogP contribution in [-0.2, 0) is 4.74 Å². The van der Waals surface area contributed by atoms with E-state index < -0.39 is 5.60 Å². The normalized spacial score (nSPS) is 24.1. The van der Waals surface area contributed by atoms with Crippen molar-refractivity contribution in [1.82, 2.24) is 15.1 Å². The fourth-order valence-electron chi connectivity index (χ4n) is 2.35. The van der Waals surface area contributed by atoms with Crippen LogP contribution in [-0.4, -0.2) is 53.8 Å². The van der Waals surface area contributed by atoms with E-state index >= 15 is 0 Å². The number of carbonyl (C=O) groups excluding carboxylic acids is 1. The summed E-state index contributed by atoms with van der Waals surface area (Å²) in [5.41, 5.74) is 0.840. The monoisotopic (exact) mass is 279 g/mol. The molecule has 20 heavy (non-hydrogen) atoms. The Morgan fingerprint density at radius 1 is 1.30 bits per heavy atom. The minimum atomic E-state index is -0.427. The lowest BCUT2D eigenvalue weighted by Crippen LogP contribution is -2.55. The number of piperazine rings is 1. The van der Waals surface area contributed by atoms with E-state index in [9.17, 15) is 4.79 Å². The van der Waals surface area contributed by atoms with E-state index in [1.165, 1.54) is 5.57 Å². The van der Waals surface area contributed by atoms with E-state index in [2.05, 4.69) is 29.3 Å². The third kappa shape index (κ3) is 4.00. The highest BCUT2D eigenvalue weighted by Crippen LogP contribution is 2.14. The quantitative estimate of drug-likeness (QED) is 0.796. The average Bonchev–Trinajstić information content (AvgIpc) is 2.37. The van der Waals surface area contributed by atoms with Gasteiger partial charge in [-0.1, -0.05) is 5.57 Å². The third-order valence-electron chi connectivity index (χ3n) is 3.39. The average molecular weight is 279 g/mol. The molecule has 0 saturated carbocycles. The Bertz CT molecular complexity index is 415. The van der Waals surface area contributed by atoms with Gasteiger partial charge in [-0.15, -0.1) is 0 Å². The molecule has 1 atom stereocenters. The van der Waals surface area contributed by atoms with Crippen LogP contribution < -0.4 is 5.32 Å². The summed E-state index contributed by atoms with van der Waals surface area (Å²) < 4.78 is 5.40. The molecule has 5 nitrogen and oxygen atoms in total.